The molecular weight excluding hydrogens is 250 g/mol. The molecule has 2 aliphatic rings. The maximum atomic E-state index is 12.2. The van der Waals surface area contributed by atoms with E-state index in [-0.39, 0.29) is 23.8 Å². The second-order valence-corrected chi connectivity index (χ2v) is 4.95. The lowest BCUT2D eigenvalue weighted by Crippen LogP contribution is -2.45. The van der Waals surface area contributed by atoms with Gasteiger partial charge in [0.15, 0.2) is 0 Å². The van der Waals surface area contributed by atoms with E-state index in [0.29, 0.717) is 32.5 Å². The van der Waals surface area contributed by atoms with Gasteiger partial charge in [-0.3, -0.25) is 9.59 Å². The SMILES string of the molecule is COC(=O)NC1CCN(C(=O)C2CCC(=O)NC2)C1. The topological polar surface area (TPSA) is 87.7 Å². The molecule has 7 heteroatoms. The molecule has 0 aliphatic carbocycles. The van der Waals surface area contributed by atoms with Gasteiger partial charge in [-0.15, -0.1) is 0 Å². The number of carbonyl (C=O) groups excluding carboxylic acids is 3. The Morgan fingerprint density at radius 3 is 2.84 bits per heavy atom. The van der Waals surface area contributed by atoms with Crippen molar-refractivity contribution in [1.82, 2.24) is 15.5 Å². The first-order valence-electron chi connectivity index (χ1n) is 6.50. The highest BCUT2D eigenvalue weighted by Gasteiger charge is 2.33. The van der Waals surface area contributed by atoms with Gasteiger partial charge in [0.25, 0.3) is 0 Å². The molecule has 106 valence electrons. The van der Waals surface area contributed by atoms with Crippen molar-refractivity contribution >= 4 is 17.9 Å². The van der Waals surface area contributed by atoms with E-state index in [1.165, 1.54) is 7.11 Å². The first-order chi connectivity index (χ1) is 9.10. The van der Waals surface area contributed by atoms with E-state index in [1.807, 2.05) is 0 Å². The van der Waals surface area contributed by atoms with Crippen molar-refractivity contribution in [2.45, 2.75) is 25.3 Å². The second-order valence-electron chi connectivity index (χ2n) is 4.95. The lowest BCUT2D eigenvalue weighted by Gasteiger charge is -2.26. The Morgan fingerprint density at radius 1 is 1.42 bits per heavy atom. The van der Waals surface area contributed by atoms with Crippen molar-refractivity contribution in [2.24, 2.45) is 5.92 Å². The summed E-state index contributed by atoms with van der Waals surface area (Å²) in [6.45, 7) is 1.57. The van der Waals surface area contributed by atoms with Gasteiger partial charge < -0.3 is 20.3 Å². The minimum absolute atomic E-state index is 0.00991. The Morgan fingerprint density at radius 2 is 2.21 bits per heavy atom. The number of alkyl carbamates (subject to hydrolysis) is 1. The number of nitrogens with zero attached hydrogens (tertiary/aromatic N) is 1. The Balaban J connectivity index is 1.81. The van der Waals surface area contributed by atoms with E-state index in [9.17, 15) is 14.4 Å². The lowest BCUT2D eigenvalue weighted by molar-refractivity contribution is -0.136. The highest BCUT2D eigenvalue weighted by atomic mass is 16.5. The van der Waals surface area contributed by atoms with Crippen LogP contribution in [0.3, 0.4) is 0 Å². The molecule has 0 aromatic heterocycles. The number of carbonyl (C=O) groups is 3. The van der Waals surface area contributed by atoms with Gasteiger partial charge in [-0.25, -0.2) is 4.79 Å². The zero-order valence-corrected chi connectivity index (χ0v) is 11.0. The maximum absolute atomic E-state index is 12.2. The van der Waals surface area contributed by atoms with E-state index in [0.717, 1.165) is 6.42 Å². The molecule has 2 saturated heterocycles. The monoisotopic (exact) mass is 269 g/mol. The molecule has 3 amide bonds. The minimum atomic E-state index is -0.468. The molecule has 2 unspecified atom stereocenters. The van der Waals surface area contributed by atoms with Gasteiger partial charge in [0.1, 0.15) is 0 Å². The van der Waals surface area contributed by atoms with Gasteiger partial charge in [0.2, 0.25) is 11.8 Å². The van der Waals surface area contributed by atoms with E-state index >= 15 is 0 Å². The van der Waals surface area contributed by atoms with Gasteiger partial charge in [0, 0.05) is 26.1 Å². The van der Waals surface area contributed by atoms with Gasteiger partial charge in [-0.1, -0.05) is 0 Å². The number of piperidine rings is 1. The number of likely N-dealkylation sites (tertiary alicyclic amines) is 1. The van der Waals surface area contributed by atoms with Crippen LogP contribution in [0, 0.1) is 5.92 Å². The summed E-state index contributed by atoms with van der Waals surface area (Å²) in [5.41, 5.74) is 0. The number of amides is 3. The fourth-order valence-corrected chi connectivity index (χ4v) is 2.51. The van der Waals surface area contributed by atoms with Crippen molar-refractivity contribution in [3.05, 3.63) is 0 Å². The lowest BCUT2D eigenvalue weighted by atomic mass is 9.98. The minimum Gasteiger partial charge on any atom is -0.453 e. The molecule has 0 saturated carbocycles. The predicted octanol–water partition coefficient (Wildman–Crippen LogP) is -0.530. The van der Waals surface area contributed by atoms with Crippen LogP contribution in [0.4, 0.5) is 4.79 Å². The smallest absolute Gasteiger partial charge is 0.407 e. The molecule has 2 fully saturated rings. The average Bonchev–Trinajstić information content (AvgIpc) is 2.87. The average molecular weight is 269 g/mol. The molecule has 0 radical (unpaired) electrons. The van der Waals surface area contributed by atoms with Crippen molar-refractivity contribution in [3.63, 3.8) is 0 Å². The van der Waals surface area contributed by atoms with Crippen molar-refractivity contribution in [1.29, 1.82) is 0 Å². The Kier molecular flexibility index (Phi) is 4.24. The molecule has 2 heterocycles. The Labute approximate surface area is 111 Å². The predicted molar refractivity (Wildman–Crippen MR) is 66.3 cm³/mol. The first kappa shape index (κ1) is 13.6. The highest BCUT2D eigenvalue weighted by Crippen LogP contribution is 2.18. The van der Waals surface area contributed by atoms with Crippen LogP contribution in [-0.4, -0.2) is 55.6 Å². The molecule has 2 N–H and O–H groups in total. The van der Waals surface area contributed by atoms with Crippen LogP contribution >= 0.6 is 0 Å². The number of hydrogen-bond acceptors (Lipinski definition) is 4. The third-order valence-corrected chi connectivity index (χ3v) is 3.62. The molecule has 0 aromatic carbocycles. The molecule has 0 spiro atoms. The zero-order chi connectivity index (χ0) is 13.8. The van der Waals surface area contributed by atoms with Crippen LogP contribution in [0.1, 0.15) is 19.3 Å². The summed E-state index contributed by atoms with van der Waals surface area (Å²) in [5.74, 6) is -0.0561. The van der Waals surface area contributed by atoms with Crippen LogP contribution in [0.2, 0.25) is 0 Å². The van der Waals surface area contributed by atoms with E-state index < -0.39 is 6.09 Å². The maximum Gasteiger partial charge on any atom is 0.407 e. The number of hydrogen-bond donors (Lipinski definition) is 2. The fourth-order valence-electron chi connectivity index (χ4n) is 2.51. The van der Waals surface area contributed by atoms with Crippen LogP contribution in [0.25, 0.3) is 0 Å². The highest BCUT2D eigenvalue weighted by molar-refractivity contribution is 5.84. The third kappa shape index (κ3) is 3.36. The summed E-state index contributed by atoms with van der Waals surface area (Å²) in [6.07, 6.45) is 1.29. The van der Waals surface area contributed by atoms with Gasteiger partial charge >= 0.3 is 6.09 Å². The summed E-state index contributed by atoms with van der Waals surface area (Å²) in [5, 5.41) is 5.41. The first-order valence-corrected chi connectivity index (χ1v) is 6.50. The molecule has 0 bridgehead atoms. The molecule has 2 rings (SSSR count). The van der Waals surface area contributed by atoms with Crippen molar-refractivity contribution < 1.29 is 19.1 Å². The zero-order valence-electron chi connectivity index (χ0n) is 11.0. The molecular formula is C12H19N3O4. The standard InChI is InChI=1S/C12H19N3O4/c1-19-12(18)14-9-4-5-15(7-9)11(17)8-2-3-10(16)13-6-8/h8-9H,2-7H2,1H3,(H,13,16)(H,14,18). The fraction of sp³-hybridized carbons (Fsp3) is 0.750. The molecule has 7 nitrogen and oxygen atoms in total. The molecule has 2 aliphatic heterocycles. The number of rotatable bonds is 2. The normalized spacial score (nSPS) is 26.8. The summed E-state index contributed by atoms with van der Waals surface area (Å²) in [4.78, 5) is 36.2. The van der Waals surface area contributed by atoms with Crippen LogP contribution in [-0.2, 0) is 14.3 Å². The Hall–Kier alpha value is -1.79. The van der Waals surface area contributed by atoms with E-state index in [1.54, 1.807) is 4.90 Å². The number of ether oxygens (including phenoxy) is 1. The van der Waals surface area contributed by atoms with E-state index in [4.69, 9.17) is 0 Å². The largest absolute Gasteiger partial charge is 0.453 e. The quantitative estimate of drug-likeness (QED) is 0.705. The molecule has 2 atom stereocenters. The second kappa shape index (κ2) is 5.90. The molecule has 19 heavy (non-hydrogen) atoms. The molecule has 0 aromatic rings. The summed E-state index contributed by atoms with van der Waals surface area (Å²) in [7, 11) is 1.32. The summed E-state index contributed by atoms with van der Waals surface area (Å²) >= 11 is 0. The third-order valence-electron chi connectivity index (χ3n) is 3.62. The number of methoxy groups -OCH3 is 1. The summed E-state index contributed by atoms with van der Waals surface area (Å²) < 4.78 is 4.54. The van der Waals surface area contributed by atoms with Gasteiger partial charge in [0.05, 0.1) is 19.1 Å². The Bertz CT molecular complexity index is 375. The van der Waals surface area contributed by atoms with Gasteiger partial charge in [-0.05, 0) is 12.8 Å². The van der Waals surface area contributed by atoms with E-state index in [2.05, 4.69) is 15.4 Å². The van der Waals surface area contributed by atoms with Gasteiger partial charge in [-0.2, -0.15) is 0 Å². The number of nitrogens with one attached hydrogen (secondary N) is 2. The van der Waals surface area contributed by atoms with Crippen molar-refractivity contribution in [3.8, 4) is 0 Å². The van der Waals surface area contributed by atoms with Crippen LogP contribution in [0.5, 0.6) is 0 Å². The van der Waals surface area contributed by atoms with Crippen LogP contribution in [0.15, 0.2) is 0 Å². The van der Waals surface area contributed by atoms with Crippen LogP contribution < -0.4 is 10.6 Å². The van der Waals surface area contributed by atoms with Crippen molar-refractivity contribution in [2.75, 3.05) is 26.7 Å². The summed E-state index contributed by atoms with van der Waals surface area (Å²) in [6, 6.07) is -0.0467.